The highest BCUT2D eigenvalue weighted by Gasteiger charge is 2.47. The zero-order valence-corrected chi connectivity index (χ0v) is 6.75. The van der Waals surface area contributed by atoms with Gasteiger partial charge in [0.1, 0.15) is 14.0 Å². The molecule has 0 aromatic rings. The molecule has 1 rings (SSSR count). The summed E-state index contributed by atoms with van der Waals surface area (Å²) in [7, 11) is 5.31. The van der Waals surface area contributed by atoms with E-state index in [2.05, 4.69) is 0 Å². The lowest BCUT2D eigenvalue weighted by atomic mass is 9.85. The van der Waals surface area contributed by atoms with Crippen LogP contribution in [0.2, 0.25) is 0 Å². The highest BCUT2D eigenvalue weighted by Crippen LogP contribution is 2.36. The first-order valence-electron chi connectivity index (χ1n) is 3.69. The van der Waals surface area contributed by atoms with E-state index in [1.807, 2.05) is 0 Å². The Morgan fingerprint density at radius 2 is 2.27 bits per heavy atom. The average molecular weight is 158 g/mol. The van der Waals surface area contributed by atoms with Gasteiger partial charge in [-0.1, -0.05) is 6.92 Å². The maximum atomic E-state index is 13.0. The molecule has 0 amide bonds. The van der Waals surface area contributed by atoms with E-state index in [0.29, 0.717) is 0 Å². The van der Waals surface area contributed by atoms with Crippen LogP contribution in [0.15, 0.2) is 0 Å². The number of hydrogen-bond acceptors (Lipinski definition) is 2. The lowest BCUT2D eigenvalue weighted by molar-refractivity contribution is -0.0545. The second-order valence-electron chi connectivity index (χ2n) is 3.29. The van der Waals surface area contributed by atoms with Crippen LogP contribution in [0.5, 0.6) is 0 Å². The summed E-state index contributed by atoms with van der Waals surface area (Å²) in [5, 5.41) is 8.88. The molecule has 0 saturated carbocycles. The molecule has 0 aliphatic carbocycles. The van der Waals surface area contributed by atoms with Crippen molar-refractivity contribution in [2.24, 2.45) is 5.92 Å². The maximum Gasteiger partial charge on any atom is 0.123 e. The van der Waals surface area contributed by atoms with Crippen molar-refractivity contribution < 1.29 is 14.2 Å². The number of rotatable bonds is 1. The molecule has 11 heavy (non-hydrogen) atoms. The monoisotopic (exact) mass is 158 g/mol. The zero-order valence-electron chi connectivity index (χ0n) is 6.75. The first-order chi connectivity index (χ1) is 5.01. The molecule has 2 nitrogen and oxygen atoms in total. The molecule has 62 valence electrons. The minimum Gasteiger partial charge on any atom is -0.393 e. The summed E-state index contributed by atoms with van der Waals surface area (Å²) in [5.74, 6) is -0.345. The fourth-order valence-corrected chi connectivity index (χ4v) is 1.29. The fourth-order valence-electron chi connectivity index (χ4n) is 1.29. The van der Waals surface area contributed by atoms with Gasteiger partial charge in [0.05, 0.1) is 12.2 Å². The standard InChI is InChI=1S/C7H12BFO2/c1-4-5(9)6(8)11-7(4,2)3-10/h4-6,10H,3H2,1-2H3/t4?,5-,6+,7+/m0/s1. The Kier molecular flexibility index (Phi) is 2.26. The van der Waals surface area contributed by atoms with Crippen molar-refractivity contribution in [2.45, 2.75) is 31.6 Å². The van der Waals surface area contributed by atoms with Gasteiger partial charge in [-0.15, -0.1) is 0 Å². The number of aliphatic hydroxyl groups is 1. The Hall–Kier alpha value is -0.0851. The van der Waals surface area contributed by atoms with Crippen LogP contribution in [0.3, 0.4) is 0 Å². The maximum absolute atomic E-state index is 13.0. The lowest BCUT2D eigenvalue weighted by Crippen LogP contribution is -2.36. The normalized spacial score (nSPS) is 51.5. The van der Waals surface area contributed by atoms with E-state index in [0.717, 1.165) is 0 Å². The number of aliphatic hydroxyl groups excluding tert-OH is 1. The predicted molar refractivity (Wildman–Crippen MR) is 40.2 cm³/mol. The smallest absolute Gasteiger partial charge is 0.123 e. The lowest BCUT2D eigenvalue weighted by Gasteiger charge is -2.25. The molecule has 1 N–H and O–H groups in total. The molecule has 1 fully saturated rings. The van der Waals surface area contributed by atoms with E-state index in [9.17, 15) is 4.39 Å². The van der Waals surface area contributed by atoms with Gasteiger partial charge in [0, 0.05) is 11.9 Å². The van der Waals surface area contributed by atoms with Gasteiger partial charge in [-0.05, 0) is 6.92 Å². The van der Waals surface area contributed by atoms with Crippen LogP contribution in [0.4, 0.5) is 4.39 Å². The van der Waals surface area contributed by atoms with Crippen molar-refractivity contribution in [3.8, 4) is 0 Å². The quantitative estimate of drug-likeness (QED) is 0.553. The van der Waals surface area contributed by atoms with Gasteiger partial charge < -0.3 is 9.84 Å². The van der Waals surface area contributed by atoms with Crippen LogP contribution in [-0.4, -0.2) is 37.3 Å². The molecule has 1 aliphatic rings. The number of alkyl halides is 1. The van der Waals surface area contributed by atoms with Crippen molar-refractivity contribution >= 4 is 7.85 Å². The third kappa shape index (κ3) is 1.29. The summed E-state index contributed by atoms with van der Waals surface area (Å²) >= 11 is 0. The van der Waals surface area contributed by atoms with Gasteiger partial charge in [0.2, 0.25) is 0 Å². The Labute approximate surface area is 67.1 Å². The summed E-state index contributed by atoms with van der Waals surface area (Å²) < 4.78 is 18.1. The summed E-state index contributed by atoms with van der Waals surface area (Å²) in [5.41, 5.74) is -0.807. The number of halogens is 1. The van der Waals surface area contributed by atoms with Crippen LogP contribution in [0.1, 0.15) is 13.8 Å². The van der Waals surface area contributed by atoms with E-state index in [-0.39, 0.29) is 12.5 Å². The van der Waals surface area contributed by atoms with Gasteiger partial charge in [0.15, 0.2) is 0 Å². The molecule has 4 atom stereocenters. The second kappa shape index (κ2) is 2.75. The van der Waals surface area contributed by atoms with Crippen LogP contribution in [0, 0.1) is 5.92 Å². The third-order valence-electron chi connectivity index (χ3n) is 2.47. The minimum atomic E-state index is -1.17. The topological polar surface area (TPSA) is 29.5 Å². The van der Waals surface area contributed by atoms with Crippen LogP contribution in [-0.2, 0) is 4.74 Å². The molecular weight excluding hydrogens is 146 g/mol. The largest absolute Gasteiger partial charge is 0.393 e. The Balaban J connectivity index is 2.73. The van der Waals surface area contributed by atoms with E-state index in [4.69, 9.17) is 17.7 Å². The summed E-state index contributed by atoms with van der Waals surface area (Å²) in [6, 6.07) is -0.887. The number of hydrogen-bond donors (Lipinski definition) is 1. The van der Waals surface area contributed by atoms with Crippen molar-refractivity contribution in [2.75, 3.05) is 6.61 Å². The molecule has 0 aromatic heterocycles. The van der Waals surface area contributed by atoms with Gasteiger partial charge in [-0.3, -0.25) is 0 Å². The third-order valence-corrected chi connectivity index (χ3v) is 2.47. The molecule has 1 heterocycles. The highest BCUT2D eigenvalue weighted by atomic mass is 19.1. The molecule has 2 radical (unpaired) electrons. The molecule has 1 unspecified atom stereocenters. The average Bonchev–Trinajstić information content (AvgIpc) is 2.17. The van der Waals surface area contributed by atoms with Crippen molar-refractivity contribution in [3.63, 3.8) is 0 Å². The first-order valence-corrected chi connectivity index (χ1v) is 3.69. The van der Waals surface area contributed by atoms with Crippen LogP contribution in [0.25, 0.3) is 0 Å². The summed E-state index contributed by atoms with van der Waals surface area (Å²) in [6.45, 7) is 3.16. The van der Waals surface area contributed by atoms with Crippen molar-refractivity contribution in [3.05, 3.63) is 0 Å². The minimum absolute atomic E-state index is 0.192. The van der Waals surface area contributed by atoms with Crippen molar-refractivity contribution in [1.82, 2.24) is 0 Å². The highest BCUT2D eigenvalue weighted by molar-refractivity contribution is 6.11. The molecule has 4 heteroatoms. The summed E-state index contributed by atoms with van der Waals surface area (Å²) in [6.07, 6.45) is -1.17. The second-order valence-corrected chi connectivity index (χ2v) is 3.29. The Morgan fingerprint density at radius 1 is 1.73 bits per heavy atom. The molecule has 0 spiro atoms. The van der Waals surface area contributed by atoms with Crippen LogP contribution < -0.4 is 0 Å². The van der Waals surface area contributed by atoms with Gasteiger partial charge >= 0.3 is 0 Å². The van der Waals surface area contributed by atoms with Gasteiger partial charge in [-0.2, -0.15) is 0 Å². The van der Waals surface area contributed by atoms with Crippen molar-refractivity contribution in [1.29, 1.82) is 0 Å². The fraction of sp³-hybridized carbons (Fsp3) is 1.00. The molecule has 0 bridgehead atoms. The molecular formula is C7H12BFO2. The molecule has 1 aliphatic heterocycles. The number of ether oxygens (including phenoxy) is 1. The van der Waals surface area contributed by atoms with E-state index >= 15 is 0 Å². The zero-order chi connectivity index (χ0) is 8.65. The van der Waals surface area contributed by atoms with E-state index in [1.54, 1.807) is 13.8 Å². The van der Waals surface area contributed by atoms with Crippen LogP contribution >= 0.6 is 0 Å². The summed E-state index contributed by atoms with van der Waals surface area (Å²) in [4.78, 5) is 0. The van der Waals surface area contributed by atoms with Gasteiger partial charge in [0.25, 0.3) is 0 Å². The molecule has 0 aromatic carbocycles. The van der Waals surface area contributed by atoms with E-state index < -0.39 is 17.8 Å². The SMILES string of the molecule is [B][C@@H]1O[C@](C)(CO)C(C)[C@@H]1F. The first kappa shape index (κ1) is 9.01. The van der Waals surface area contributed by atoms with Gasteiger partial charge in [-0.25, -0.2) is 4.39 Å². The molecule has 1 saturated heterocycles. The predicted octanol–water partition coefficient (Wildman–Crippen LogP) is 0.236. The Bertz CT molecular complexity index is 155. The Morgan fingerprint density at radius 3 is 2.45 bits per heavy atom. The van der Waals surface area contributed by atoms with E-state index in [1.165, 1.54) is 0 Å².